The highest BCUT2D eigenvalue weighted by molar-refractivity contribution is 6.24. The van der Waals surface area contributed by atoms with E-state index in [0.29, 0.717) is 22.4 Å². The third-order valence-electron chi connectivity index (χ3n) is 8.04. The van der Waals surface area contributed by atoms with E-state index in [0.717, 1.165) is 0 Å². The van der Waals surface area contributed by atoms with Gasteiger partial charge in [0.1, 0.15) is 28.6 Å². The lowest BCUT2D eigenvalue weighted by atomic mass is 9.57. The van der Waals surface area contributed by atoms with Crippen molar-refractivity contribution in [1.29, 1.82) is 0 Å². The van der Waals surface area contributed by atoms with Gasteiger partial charge in [-0.15, -0.1) is 0 Å². The summed E-state index contributed by atoms with van der Waals surface area (Å²) in [6.45, 7) is 0. The van der Waals surface area contributed by atoms with E-state index in [4.69, 9.17) is 10.5 Å². The van der Waals surface area contributed by atoms with Crippen LogP contribution in [0.2, 0.25) is 0 Å². The number of benzene rings is 2. The number of phenols is 1. The number of primary amides is 1. The Bertz CT molecular complexity index is 1590. The SMILES string of the molecule is COc1ccc(C#Cc2ccc(O)c3c2C[C@H]2C[C@@H]4[C@H](N(C)C)C(=O)C(C(N)=O)=C(O)[C@@]4(O)C(=O)C2=C3O)cc1. The Morgan fingerprint density at radius 1 is 1.07 bits per heavy atom. The van der Waals surface area contributed by atoms with E-state index in [1.165, 1.54) is 11.0 Å². The molecule has 0 spiro atoms. The summed E-state index contributed by atoms with van der Waals surface area (Å²) in [5.41, 5.74) is 3.35. The number of aromatic hydroxyl groups is 1. The zero-order valence-corrected chi connectivity index (χ0v) is 22.1. The second-order valence-corrected chi connectivity index (χ2v) is 10.4. The van der Waals surface area contributed by atoms with Gasteiger partial charge in [-0.2, -0.15) is 0 Å². The predicted octanol–water partition coefficient (Wildman–Crippen LogP) is 1.37. The third-order valence-corrected chi connectivity index (χ3v) is 8.04. The van der Waals surface area contributed by atoms with Crippen LogP contribution in [0.1, 0.15) is 28.7 Å². The first-order chi connectivity index (χ1) is 18.9. The number of nitrogens with zero attached hydrogens (tertiary/aromatic N) is 1. The Morgan fingerprint density at radius 2 is 1.75 bits per heavy atom. The van der Waals surface area contributed by atoms with Crippen LogP contribution in [0.3, 0.4) is 0 Å². The highest BCUT2D eigenvalue weighted by atomic mass is 16.5. The molecule has 1 amide bonds. The van der Waals surface area contributed by atoms with E-state index < -0.39 is 58.0 Å². The molecule has 40 heavy (non-hydrogen) atoms. The van der Waals surface area contributed by atoms with Gasteiger partial charge < -0.3 is 30.9 Å². The summed E-state index contributed by atoms with van der Waals surface area (Å²) in [6.07, 6.45) is 0.169. The molecular formula is C30H28N2O8. The van der Waals surface area contributed by atoms with Gasteiger partial charge in [0.2, 0.25) is 5.78 Å². The number of ether oxygens (including phenoxy) is 1. The van der Waals surface area contributed by atoms with Gasteiger partial charge in [0.25, 0.3) is 5.91 Å². The Hall–Kier alpha value is -4.59. The van der Waals surface area contributed by atoms with Crippen molar-refractivity contribution in [3.8, 4) is 23.3 Å². The molecule has 0 radical (unpaired) electrons. The number of nitrogens with two attached hydrogens (primary N) is 1. The van der Waals surface area contributed by atoms with Gasteiger partial charge in [-0.1, -0.05) is 11.8 Å². The number of hydrogen-bond acceptors (Lipinski definition) is 9. The van der Waals surface area contributed by atoms with E-state index in [2.05, 4.69) is 11.8 Å². The van der Waals surface area contributed by atoms with Crippen LogP contribution in [0.5, 0.6) is 11.5 Å². The van der Waals surface area contributed by atoms with Gasteiger partial charge in [0.15, 0.2) is 11.4 Å². The molecule has 0 heterocycles. The van der Waals surface area contributed by atoms with Crippen molar-refractivity contribution in [1.82, 2.24) is 4.90 Å². The number of rotatable bonds is 3. The molecule has 5 rings (SSSR count). The summed E-state index contributed by atoms with van der Waals surface area (Å²) in [4.78, 5) is 40.6. The molecule has 2 aromatic rings. The first-order valence-corrected chi connectivity index (χ1v) is 12.6. The molecule has 1 saturated carbocycles. The predicted molar refractivity (Wildman–Crippen MR) is 143 cm³/mol. The Balaban J connectivity index is 1.66. The number of aliphatic hydroxyl groups excluding tert-OH is 2. The van der Waals surface area contributed by atoms with Gasteiger partial charge in [-0.25, -0.2) is 0 Å². The molecule has 6 N–H and O–H groups in total. The summed E-state index contributed by atoms with van der Waals surface area (Å²) in [5, 5.41) is 44.6. The smallest absolute Gasteiger partial charge is 0.255 e. The maximum atomic E-state index is 13.9. The van der Waals surface area contributed by atoms with Crippen molar-refractivity contribution in [2.45, 2.75) is 24.5 Å². The average Bonchev–Trinajstić information content (AvgIpc) is 2.90. The molecule has 0 saturated heterocycles. The molecule has 4 atom stereocenters. The number of carbonyl (C=O) groups is 3. The van der Waals surface area contributed by atoms with Crippen LogP contribution in [0.25, 0.3) is 5.76 Å². The number of aliphatic hydroxyl groups is 3. The summed E-state index contributed by atoms with van der Waals surface area (Å²) in [7, 11) is 4.67. The normalized spacial score (nSPS) is 25.6. The maximum absolute atomic E-state index is 13.9. The topological polar surface area (TPSA) is 171 Å². The molecule has 1 fully saturated rings. The molecule has 0 bridgehead atoms. The van der Waals surface area contributed by atoms with Crippen molar-refractivity contribution in [3.63, 3.8) is 0 Å². The Morgan fingerprint density at radius 3 is 2.35 bits per heavy atom. The average molecular weight is 545 g/mol. The number of carbonyl (C=O) groups excluding carboxylic acids is 3. The number of ketones is 2. The van der Waals surface area contributed by atoms with Crippen LogP contribution in [-0.2, 0) is 20.8 Å². The van der Waals surface area contributed by atoms with Crippen LogP contribution in [0.4, 0.5) is 0 Å². The van der Waals surface area contributed by atoms with Crippen molar-refractivity contribution in [2.24, 2.45) is 17.6 Å². The van der Waals surface area contributed by atoms with Crippen molar-refractivity contribution >= 4 is 23.2 Å². The first-order valence-electron chi connectivity index (χ1n) is 12.6. The maximum Gasteiger partial charge on any atom is 0.255 e. The largest absolute Gasteiger partial charge is 0.508 e. The van der Waals surface area contributed by atoms with E-state index in [1.807, 2.05) is 0 Å². The van der Waals surface area contributed by atoms with E-state index in [-0.39, 0.29) is 29.7 Å². The summed E-state index contributed by atoms with van der Waals surface area (Å²) in [5.74, 6) is -0.106. The van der Waals surface area contributed by atoms with Crippen LogP contribution in [0.15, 0.2) is 53.3 Å². The number of hydrogen-bond donors (Lipinski definition) is 5. The highest BCUT2D eigenvalue weighted by Gasteiger charge is 2.64. The zero-order valence-electron chi connectivity index (χ0n) is 22.1. The summed E-state index contributed by atoms with van der Waals surface area (Å²) < 4.78 is 5.17. The second-order valence-electron chi connectivity index (χ2n) is 10.4. The van der Waals surface area contributed by atoms with Gasteiger partial charge in [0.05, 0.1) is 18.7 Å². The molecule has 2 aromatic carbocycles. The van der Waals surface area contributed by atoms with Gasteiger partial charge in [0, 0.05) is 22.6 Å². The molecule has 0 unspecified atom stereocenters. The number of likely N-dealkylation sites (N-methyl/N-ethyl adjacent to an activating group) is 1. The van der Waals surface area contributed by atoms with E-state index in [9.17, 15) is 34.8 Å². The Kier molecular flexibility index (Phi) is 6.45. The van der Waals surface area contributed by atoms with Crippen molar-refractivity contribution < 1.29 is 39.5 Å². The number of methoxy groups -OCH3 is 1. The molecule has 10 heteroatoms. The van der Waals surface area contributed by atoms with Crippen molar-refractivity contribution in [2.75, 3.05) is 21.2 Å². The van der Waals surface area contributed by atoms with Gasteiger partial charge in [-0.05, 0) is 74.8 Å². The van der Waals surface area contributed by atoms with Crippen LogP contribution >= 0.6 is 0 Å². The third kappa shape index (κ3) is 3.86. The molecule has 3 aliphatic carbocycles. The fourth-order valence-electron chi connectivity index (χ4n) is 6.17. The molecule has 206 valence electrons. The summed E-state index contributed by atoms with van der Waals surface area (Å²) >= 11 is 0. The first kappa shape index (κ1) is 27.0. The minimum atomic E-state index is -2.67. The van der Waals surface area contributed by atoms with Gasteiger partial charge in [-0.3, -0.25) is 19.3 Å². The molecule has 10 nitrogen and oxygen atoms in total. The molecular weight excluding hydrogens is 516 g/mol. The van der Waals surface area contributed by atoms with E-state index in [1.54, 1.807) is 51.5 Å². The quantitative estimate of drug-likeness (QED) is 0.283. The van der Waals surface area contributed by atoms with Gasteiger partial charge >= 0.3 is 0 Å². The number of fused-ring (bicyclic) bond motifs is 3. The lowest BCUT2D eigenvalue weighted by Crippen LogP contribution is -2.65. The number of amides is 1. The highest BCUT2D eigenvalue weighted by Crippen LogP contribution is 2.52. The fraction of sp³-hybridized carbons (Fsp3) is 0.300. The summed E-state index contributed by atoms with van der Waals surface area (Å²) in [6, 6.07) is 8.94. The van der Waals surface area contributed by atoms with Crippen LogP contribution in [0, 0.1) is 23.7 Å². The molecule has 3 aliphatic rings. The van der Waals surface area contributed by atoms with Crippen molar-refractivity contribution in [3.05, 3.63) is 75.6 Å². The number of phenolic OH excluding ortho intramolecular Hbond substituents is 1. The number of Topliss-reactive ketones (excluding diaryl/α,β-unsaturated/α-hetero) is 2. The minimum absolute atomic E-state index is 0.00202. The van der Waals surface area contributed by atoms with Crippen LogP contribution < -0.4 is 10.5 Å². The lowest BCUT2D eigenvalue weighted by Gasteiger charge is -2.50. The monoisotopic (exact) mass is 544 g/mol. The zero-order chi connectivity index (χ0) is 29.1. The molecule has 0 aromatic heterocycles. The second kappa shape index (κ2) is 9.55. The minimum Gasteiger partial charge on any atom is -0.508 e. The van der Waals surface area contributed by atoms with Crippen LogP contribution in [-0.4, -0.2) is 75.6 Å². The molecule has 0 aliphatic heterocycles. The fourth-order valence-corrected chi connectivity index (χ4v) is 6.17. The lowest BCUT2D eigenvalue weighted by molar-refractivity contribution is -0.153. The Labute approximate surface area is 230 Å². The standard InChI is InChI=1S/C30H28N2O8/c1-32(2)24-19-13-16-12-18-15(7-4-14-5-9-17(40-3)10-6-14)8-11-20(33)22(18)25(34)21(16)27(36)30(19,39)28(37)23(26(24)35)29(31)38/h5-6,8-11,16,19,24,33-34,37,39H,12-13H2,1-3H3,(H2,31,38)/t16-,19+,24-,30-/m0/s1. The van der Waals surface area contributed by atoms with E-state index >= 15 is 0 Å².